The number of H-pyrrole nitrogens is 1. The van der Waals surface area contributed by atoms with Gasteiger partial charge in [0.25, 0.3) is 5.91 Å². The van der Waals surface area contributed by atoms with Crippen molar-refractivity contribution < 1.29 is 4.79 Å². The van der Waals surface area contributed by atoms with Gasteiger partial charge in [-0.25, -0.2) is 0 Å². The van der Waals surface area contributed by atoms with Crippen molar-refractivity contribution in [2.45, 2.75) is 64.3 Å². The lowest BCUT2D eigenvalue weighted by Gasteiger charge is -2.21. The van der Waals surface area contributed by atoms with Gasteiger partial charge in [0.1, 0.15) is 0 Å². The number of carbonyl (C=O) groups excluding carboxylic acids is 1. The van der Waals surface area contributed by atoms with Crippen LogP contribution in [0.3, 0.4) is 0 Å². The number of aromatic amines is 1. The topological polar surface area (TPSA) is 62.0 Å². The summed E-state index contributed by atoms with van der Waals surface area (Å²) in [5.74, 6) is -0.114. The number of hydrogen-bond acceptors (Lipinski definition) is 2. The van der Waals surface area contributed by atoms with Gasteiger partial charge in [-0.1, -0.05) is 39.0 Å². The van der Waals surface area contributed by atoms with E-state index < -0.39 is 0 Å². The minimum atomic E-state index is -0.202. The molecule has 4 nitrogen and oxygen atoms in total. The van der Waals surface area contributed by atoms with Crippen molar-refractivity contribution in [1.29, 1.82) is 0 Å². The second kappa shape index (κ2) is 7.27. The van der Waals surface area contributed by atoms with E-state index in [2.05, 4.69) is 10.3 Å². The van der Waals surface area contributed by atoms with Gasteiger partial charge in [-0.05, 0) is 25.3 Å². The number of nitrogens with one attached hydrogen (secondary N) is 2. The van der Waals surface area contributed by atoms with Crippen LogP contribution in [-0.4, -0.2) is 16.9 Å². The van der Waals surface area contributed by atoms with Crippen LogP contribution in [0.15, 0.2) is 16.9 Å². The van der Waals surface area contributed by atoms with Gasteiger partial charge >= 0.3 is 0 Å². The summed E-state index contributed by atoms with van der Waals surface area (Å²) < 4.78 is 0. The smallest absolute Gasteiger partial charge is 0.251 e. The lowest BCUT2D eigenvalue weighted by atomic mass is 9.96. The van der Waals surface area contributed by atoms with Crippen molar-refractivity contribution in [2.24, 2.45) is 0 Å². The summed E-state index contributed by atoms with van der Waals surface area (Å²) in [7, 11) is 0. The molecule has 0 spiro atoms. The largest absolute Gasteiger partial charge is 0.349 e. The molecule has 4 heteroatoms. The number of carbonyl (C=O) groups is 1. The Balaban J connectivity index is 2.03. The molecule has 0 unspecified atom stereocenters. The number of aryl methyl sites for hydroxylation is 1. The molecule has 1 aliphatic rings. The third kappa shape index (κ3) is 4.22. The van der Waals surface area contributed by atoms with E-state index in [0.717, 1.165) is 25.0 Å². The van der Waals surface area contributed by atoms with E-state index in [-0.39, 0.29) is 17.5 Å². The van der Waals surface area contributed by atoms with Gasteiger partial charge in [-0.15, -0.1) is 0 Å². The van der Waals surface area contributed by atoms with E-state index in [1.807, 2.05) is 6.92 Å². The van der Waals surface area contributed by atoms with Crippen LogP contribution < -0.4 is 10.9 Å². The minimum absolute atomic E-state index is 0.114. The SMILES string of the molecule is CCc1cc(C(=O)NC2CCCCCCC2)cc(=O)[nH]1. The lowest BCUT2D eigenvalue weighted by molar-refractivity contribution is 0.0930. The normalized spacial score (nSPS) is 17.2. The Morgan fingerprint density at radius 3 is 2.50 bits per heavy atom. The Labute approximate surface area is 120 Å². The van der Waals surface area contributed by atoms with Crippen molar-refractivity contribution in [3.8, 4) is 0 Å². The van der Waals surface area contributed by atoms with E-state index >= 15 is 0 Å². The molecule has 1 fully saturated rings. The second-order valence-corrected chi connectivity index (χ2v) is 5.63. The summed E-state index contributed by atoms with van der Waals surface area (Å²) in [6.45, 7) is 1.96. The summed E-state index contributed by atoms with van der Waals surface area (Å²) in [6.07, 6.45) is 9.02. The van der Waals surface area contributed by atoms with E-state index in [4.69, 9.17) is 0 Å². The molecular weight excluding hydrogens is 252 g/mol. The Morgan fingerprint density at radius 1 is 1.20 bits per heavy atom. The Kier molecular flexibility index (Phi) is 5.39. The van der Waals surface area contributed by atoms with Crippen LogP contribution in [0, 0.1) is 0 Å². The van der Waals surface area contributed by atoms with Crippen LogP contribution in [0.4, 0.5) is 0 Å². The molecular formula is C16H24N2O2. The standard InChI is InChI=1S/C16H24N2O2/c1-2-13-10-12(11-15(19)17-13)16(20)18-14-8-6-4-3-5-7-9-14/h10-11,14H,2-9H2,1H3,(H,17,19)(H,18,20). The van der Waals surface area contributed by atoms with Crippen molar-refractivity contribution in [3.63, 3.8) is 0 Å². The van der Waals surface area contributed by atoms with Crippen molar-refractivity contribution in [3.05, 3.63) is 33.7 Å². The molecule has 1 aliphatic carbocycles. The van der Waals surface area contributed by atoms with E-state index in [1.165, 1.54) is 38.2 Å². The highest BCUT2D eigenvalue weighted by Crippen LogP contribution is 2.17. The minimum Gasteiger partial charge on any atom is -0.349 e. The number of amides is 1. The van der Waals surface area contributed by atoms with Crippen molar-refractivity contribution >= 4 is 5.91 Å². The maximum atomic E-state index is 12.3. The highest BCUT2D eigenvalue weighted by atomic mass is 16.2. The summed E-state index contributed by atoms with van der Waals surface area (Å²) in [6, 6.07) is 3.42. The van der Waals surface area contributed by atoms with E-state index in [9.17, 15) is 9.59 Å². The Morgan fingerprint density at radius 2 is 1.85 bits per heavy atom. The van der Waals surface area contributed by atoms with Gasteiger partial charge in [0, 0.05) is 23.4 Å². The molecule has 1 aromatic rings. The quantitative estimate of drug-likeness (QED) is 0.891. The maximum absolute atomic E-state index is 12.3. The van der Waals surface area contributed by atoms with Gasteiger partial charge in [-0.3, -0.25) is 9.59 Å². The molecule has 20 heavy (non-hydrogen) atoms. The van der Waals surface area contributed by atoms with Gasteiger partial charge in [0.15, 0.2) is 0 Å². The van der Waals surface area contributed by atoms with Gasteiger partial charge in [0.05, 0.1) is 0 Å². The first-order valence-corrected chi connectivity index (χ1v) is 7.73. The molecule has 0 atom stereocenters. The number of aromatic nitrogens is 1. The highest BCUT2D eigenvalue weighted by molar-refractivity contribution is 5.94. The fourth-order valence-corrected chi connectivity index (χ4v) is 2.79. The van der Waals surface area contributed by atoms with Gasteiger partial charge in [-0.2, -0.15) is 0 Å². The molecule has 2 N–H and O–H groups in total. The first kappa shape index (κ1) is 14.8. The molecule has 1 amide bonds. The van der Waals surface area contributed by atoms with Crippen LogP contribution >= 0.6 is 0 Å². The summed E-state index contributed by atoms with van der Waals surface area (Å²) in [5.41, 5.74) is 1.08. The molecule has 0 aliphatic heterocycles. The molecule has 2 rings (SSSR count). The Bertz CT molecular complexity index is 499. The molecule has 1 aromatic heterocycles. The van der Waals surface area contributed by atoms with Gasteiger partial charge in [0.2, 0.25) is 5.56 Å². The molecule has 1 saturated carbocycles. The zero-order valence-corrected chi connectivity index (χ0v) is 12.2. The second-order valence-electron chi connectivity index (χ2n) is 5.63. The summed E-state index contributed by atoms with van der Waals surface area (Å²) >= 11 is 0. The maximum Gasteiger partial charge on any atom is 0.251 e. The molecule has 1 heterocycles. The fraction of sp³-hybridized carbons (Fsp3) is 0.625. The molecule has 0 radical (unpaired) electrons. The highest BCUT2D eigenvalue weighted by Gasteiger charge is 2.15. The molecule has 0 saturated heterocycles. The zero-order chi connectivity index (χ0) is 14.4. The van der Waals surface area contributed by atoms with Crippen LogP contribution in [0.25, 0.3) is 0 Å². The third-order valence-electron chi connectivity index (χ3n) is 3.98. The van der Waals surface area contributed by atoms with Crippen LogP contribution in [0.1, 0.15) is 67.9 Å². The fourth-order valence-electron chi connectivity index (χ4n) is 2.79. The van der Waals surface area contributed by atoms with Crippen LogP contribution in [-0.2, 0) is 6.42 Å². The van der Waals surface area contributed by atoms with Crippen molar-refractivity contribution in [1.82, 2.24) is 10.3 Å². The monoisotopic (exact) mass is 276 g/mol. The first-order chi connectivity index (χ1) is 9.69. The number of rotatable bonds is 3. The van der Waals surface area contributed by atoms with Crippen molar-refractivity contribution in [2.75, 3.05) is 0 Å². The number of pyridine rings is 1. The molecule has 0 bridgehead atoms. The Hall–Kier alpha value is -1.58. The zero-order valence-electron chi connectivity index (χ0n) is 12.2. The van der Waals surface area contributed by atoms with E-state index in [0.29, 0.717) is 5.56 Å². The van der Waals surface area contributed by atoms with Crippen LogP contribution in [0.5, 0.6) is 0 Å². The predicted octanol–water partition coefficient (Wildman–Crippen LogP) is 2.78. The molecule has 0 aromatic carbocycles. The third-order valence-corrected chi connectivity index (χ3v) is 3.98. The first-order valence-electron chi connectivity index (χ1n) is 7.73. The summed E-state index contributed by atoms with van der Waals surface area (Å²) in [5, 5.41) is 3.09. The molecule has 110 valence electrons. The van der Waals surface area contributed by atoms with E-state index in [1.54, 1.807) is 6.07 Å². The van der Waals surface area contributed by atoms with Crippen LogP contribution in [0.2, 0.25) is 0 Å². The predicted molar refractivity (Wildman–Crippen MR) is 80.0 cm³/mol. The summed E-state index contributed by atoms with van der Waals surface area (Å²) in [4.78, 5) is 26.5. The average molecular weight is 276 g/mol. The number of hydrogen-bond donors (Lipinski definition) is 2. The van der Waals surface area contributed by atoms with Gasteiger partial charge < -0.3 is 10.3 Å². The average Bonchev–Trinajstić information content (AvgIpc) is 2.40. The lowest BCUT2D eigenvalue weighted by Crippen LogP contribution is -2.35.